The highest BCUT2D eigenvalue weighted by atomic mass is 28.1. The maximum atomic E-state index is 4.34. The maximum absolute atomic E-state index is 4.34. The van der Waals surface area contributed by atoms with Crippen LogP contribution in [0.3, 0.4) is 0 Å². The predicted octanol–water partition coefficient (Wildman–Crippen LogP) is -0.353. The normalized spacial score (nSPS) is 16.4. The van der Waals surface area contributed by atoms with Crippen LogP contribution in [0.25, 0.3) is 0 Å². The number of hydrogen-bond acceptors (Lipinski definition) is 2. The minimum absolute atomic E-state index is 0.953. The van der Waals surface area contributed by atoms with Crippen molar-refractivity contribution in [2.45, 2.75) is 13.8 Å². The highest BCUT2D eigenvalue weighted by Crippen LogP contribution is 2.01. The second-order valence-electron chi connectivity index (χ2n) is 2.78. The smallest absolute Gasteiger partial charge is 0.119 e. The zero-order valence-electron chi connectivity index (χ0n) is 6.86. The summed E-state index contributed by atoms with van der Waals surface area (Å²) in [6.07, 6.45) is 0. The largest absolute Gasteiger partial charge is 0.369 e. The molecular formula is C7H14N2Si. The van der Waals surface area contributed by atoms with E-state index in [-0.39, 0.29) is 0 Å². The Morgan fingerprint density at radius 3 is 2.70 bits per heavy atom. The third-order valence-electron chi connectivity index (χ3n) is 1.78. The topological polar surface area (TPSA) is 24.4 Å². The van der Waals surface area contributed by atoms with Crippen LogP contribution in [0.2, 0.25) is 0 Å². The third-order valence-corrected chi connectivity index (χ3v) is 3.25. The lowest BCUT2D eigenvalue weighted by Crippen LogP contribution is -2.21. The summed E-state index contributed by atoms with van der Waals surface area (Å²) < 4.78 is 0. The standard InChI is InChI=1S/C7H14N2Si/c1-5(2)6(10)7-8-3-4-9-7/h3-4H2,1-2,10H3,(H,8,9). The SMILES string of the molecule is CC(C)=C([SiH3])C1=NCCN1. The lowest BCUT2D eigenvalue weighted by Gasteiger charge is -2.03. The van der Waals surface area contributed by atoms with E-state index in [2.05, 4.69) is 24.2 Å². The average molecular weight is 154 g/mol. The Morgan fingerprint density at radius 1 is 1.60 bits per heavy atom. The van der Waals surface area contributed by atoms with Gasteiger partial charge in [-0.1, -0.05) is 5.57 Å². The fourth-order valence-corrected chi connectivity index (χ4v) is 1.22. The molecule has 0 aromatic carbocycles. The monoisotopic (exact) mass is 154 g/mol. The molecule has 0 fully saturated rings. The van der Waals surface area contributed by atoms with Gasteiger partial charge in [0.2, 0.25) is 0 Å². The molecule has 1 heterocycles. The Bertz CT molecular complexity index is 190. The van der Waals surface area contributed by atoms with E-state index in [0.717, 1.165) is 29.2 Å². The van der Waals surface area contributed by atoms with Gasteiger partial charge in [0.1, 0.15) is 5.84 Å². The maximum Gasteiger partial charge on any atom is 0.119 e. The van der Waals surface area contributed by atoms with Crippen molar-refractivity contribution in [3.05, 3.63) is 10.8 Å². The summed E-state index contributed by atoms with van der Waals surface area (Å²) in [5.74, 6) is 1.15. The van der Waals surface area contributed by atoms with Crippen molar-refractivity contribution in [3.8, 4) is 0 Å². The first-order valence-corrected chi connectivity index (χ1v) is 4.64. The lowest BCUT2D eigenvalue weighted by atomic mass is 10.3. The summed E-state index contributed by atoms with van der Waals surface area (Å²) >= 11 is 0. The summed E-state index contributed by atoms with van der Waals surface area (Å²) in [4.78, 5) is 4.34. The van der Waals surface area contributed by atoms with E-state index in [1.807, 2.05) is 0 Å². The molecule has 1 aliphatic heterocycles. The fraction of sp³-hybridized carbons (Fsp3) is 0.571. The summed E-state index contributed by atoms with van der Waals surface area (Å²) in [5.41, 5.74) is 1.40. The van der Waals surface area contributed by atoms with E-state index < -0.39 is 0 Å². The van der Waals surface area contributed by atoms with Crippen LogP contribution < -0.4 is 5.32 Å². The molecule has 2 nitrogen and oxygen atoms in total. The molecule has 3 heteroatoms. The molecule has 0 spiro atoms. The number of nitrogens with one attached hydrogen (secondary N) is 1. The van der Waals surface area contributed by atoms with Gasteiger partial charge in [-0.3, -0.25) is 4.99 Å². The molecule has 0 aliphatic carbocycles. The Balaban J connectivity index is 2.74. The van der Waals surface area contributed by atoms with Crippen molar-refractivity contribution in [1.29, 1.82) is 0 Å². The molecule has 1 N–H and O–H groups in total. The van der Waals surface area contributed by atoms with E-state index in [1.165, 1.54) is 10.8 Å². The van der Waals surface area contributed by atoms with Crippen LogP contribution >= 0.6 is 0 Å². The van der Waals surface area contributed by atoms with Crippen molar-refractivity contribution in [2.75, 3.05) is 13.1 Å². The molecule has 0 amide bonds. The summed E-state index contributed by atoms with van der Waals surface area (Å²) in [5, 5.41) is 4.69. The molecule has 10 heavy (non-hydrogen) atoms. The van der Waals surface area contributed by atoms with E-state index in [1.54, 1.807) is 0 Å². The fourth-order valence-electron chi connectivity index (χ4n) is 0.886. The van der Waals surface area contributed by atoms with Gasteiger partial charge in [0.15, 0.2) is 0 Å². The zero-order chi connectivity index (χ0) is 7.56. The van der Waals surface area contributed by atoms with Gasteiger partial charge in [-0.15, -0.1) is 0 Å². The van der Waals surface area contributed by atoms with Gasteiger partial charge in [0, 0.05) is 16.8 Å². The van der Waals surface area contributed by atoms with Crippen LogP contribution in [0.4, 0.5) is 0 Å². The molecule has 0 radical (unpaired) electrons. The Hall–Kier alpha value is -0.573. The van der Waals surface area contributed by atoms with E-state index in [9.17, 15) is 0 Å². The van der Waals surface area contributed by atoms with Gasteiger partial charge in [-0.25, -0.2) is 0 Å². The molecule has 56 valence electrons. The van der Waals surface area contributed by atoms with E-state index in [0.29, 0.717) is 0 Å². The van der Waals surface area contributed by atoms with Crippen molar-refractivity contribution < 1.29 is 0 Å². The first kappa shape index (κ1) is 7.53. The molecule has 0 saturated heterocycles. The van der Waals surface area contributed by atoms with Gasteiger partial charge in [0.25, 0.3) is 0 Å². The summed E-state index contributed by atoms with van der Waals surface area (Å²) in [7, 11) is 1.10. The van der Waals surface area contributed by atoms with E-state index >= 15 is 0 Å². The van der Waals surface area contributed by atoms with Gasteiger partial charge in [0.05, 0.1) is 6.54 Å². The van der Waals surface area contributed by atoms with Gasteiger partial charge < -0.3 is 5.32 Å². The van der Waals surface area contributed by atoms with E-state index in [4.69, 9.17) is 0 Å². The number of hydrogen-bond donors (Lipinski definition) is 1. The Kier molecular flexibility index (Phi) is 2.27. The highest BCUT2D eigenvalue weighted by Gasteiger charge is 2.06. The summed E-state index contributed by atoms with van der Waals surface area (Å²) in [6.45, 7) is 6.26. The Morgan fingerprint density at radius 2 is 2.30 bits per heavy atom. The van der Waals surface area contributed by atoms with Crippen molar-refractivity contribution in [1.82, 2.24) is 5.32 Å². The number of allylic oxidation sites excluding steroid dienone is 1. The molecule has 0 saturated carbocycles. The van der Waals surface area contributed by atoms with Gasteiger partial charge >= 0.3 is 0 Å². The number of aliphatic imine (C=N–C) groups is 1. The molecule has 0 aromatic rings. The van der Waals surface area contributed by atoms with Crippen LogP contribution in [-0.2, 0) is 0 Å². The predicted molar refractivity (Wildman–Crippen MR) is 48.6 cm³/mol. The zero-order valence-corrected chi connectivity index (χ0v) is 8.86. The number of nitrogens with zero attached hydrogens (tertiary/aromatic N) is 1. The van der Waals surface area contributed by atoms with Crippen LogP contribution in [0, 0.1) is 0 Å². The van der Waals surface area contributed by atoms with Crippen LogP contribution in [0.15, 0.2) is 15.8 Å². The van der Waals surface area contributed by atoms with Crippen molar-refractivity contribution in [2.24, 2.45) is 4.99 Å². The third kappa shape index (κ3) is 1.47. The first-order chi connectivity index (χ1) is 4.72. The quantitative estimate of drug-likeness (QED) is 0.513. The van der Waals surface area contributed by atoms with Crippen LogP contribution in [0.1, 0.15) is 13.8 Å². The Labute approximate surface area is 64.8 Å². The molecule has 0 aromatic heterocycles. The number of amidine groups is 1. The van der Waals surface area contributed by atoms with Gasteiger partial charge in [-0.05, 0) is 19.0 Å². The minimum Gasteiger partial charge on any atom is -0.369 e. The highest BCUT2D eigenvalue weighted by molar-refractivity contribution is 6.38. The molecule has 1 rings (SSSR count). The molecular weight excluding hydrogens is 140 g/mol. The lowest BCUT2D eigenvalue weighted by molar-refractivity contribution is 0.960. The molecule has 0 atom stereocenters. The van der Waals surface area contributed by atoms with Crippen LogP contribution in [-0.4, -0.2) is 29.2 Å². The summed E-state index contributed by atoms with van der Waals surface area (Å²) in [6, 6.07) is 0. The average Bonchev–Trinajstić information content (AvgIpc) is 2.36. The van der Waals surface area contributed by atoms with Crippen LogP contribution in [0.5, 0.6) is 0 Å². The first-order valence-electron chi connectivity index (χ1n) is 3.64. The van der Waals surface area contributed by atoms with Crippen molar-refractivity contribution >= 4 is 16.1 Å². The molecule has 0 unspecified atom stereocenters. The second kappa shape index (κ2) is 3.01. The van der Waals surface area contributed by atoms with Gasteiger partial charge in [-0.2, -0.15) is 0 Å². The molecule has 0 bridgehead atoms. The van der Waals surface area contributed by atoms with Crippen molar-refractivity contribution in [3.63, 3.8) is 0 Å². The number of rotatable bonds is 1. The minimum atomic E-state index is 0.953. The second-order valence-corrected chi connectivity index (χ2v) is 3.78. The molecule has 1 aliphatic rings.